The molecule has 2 aromatic rings. The SMILES string of the molecule is Cc1cc(CNCC2Cc3ccccc3S2)no1. The largest absolute Gasteiger partial charge is 0.361 e. The van der Waals surface area contributed by atoms with E-state index in [1.54, 1.807) is 0 Å². The molecule has 1 atom stereocenters. The number of aromatic nitrogens is 1. The van der Waals surface area contributed by atoms with Crippen molar-refractivity contribution in [1.29, 1.82) is 0 Å². The van der Waals surface area contributed by atoms with Crippen molar-refractivity contribution in [2.24, 2.45) is 0 Å². The fourth-order valence-corrected chi connectivity index (χ4v) is 3.51. The predicted molar refractivity (Wildman–Crippen MR) is 72.7 cm³/mol. The quantitative estimate of drug-likeness (QED) is 0.917. The number of aryl methyl sites for hydroxylation is 1. The van der Waals surface area contributed by atoms with E-state index in [2.05, 4.69) is 34.7 Å². The molecule has 3 rings (SSSR count). The van der Waals surface area contributed by atoms with E-state index in [1.165, 1.54) is 10.5 Å². The zero-order chi connectivity index (χ0) is 12.4. The van der Waals surface area contributed by atoms with Crippen LogP contribution >= 0.6 is 11.8 Å². The van der Waals surface area contributed by atoms with Crippen LogP contribution in [0.5, 0.6) is 0 Å². The molecule has 0 amide bonds. The number of rotatable bonds is 4. The number of fused-ring (bicyclic) bond motifs is 1. The standard InChI is InChI=1S/C14H16N2OS/c1-10-6-12(16-17-10)8-15-9-13-7-11-4-2-3-5-14(11)18-13/h2-6,13,15H,7-9H2,1H3. The van der Waals surface area contributed by atoms with E-state index in [0.717, 1.165) is 31.0 Å². The first-order valence-electron chi connectivity index (χ1n) is 6.19. The van der Waals surface area contributed by atoms with E-state index < -0.39 is 0 Å². The van der Waals surface area contributed by atoms with Crippen LogP contribution in [0.4, 0.5) is 0 Å². The summed E-state index contributed by atoms with van der Waals surface area (Å²) in [6.07, 6.45) is 1.16. The second-order valence-corrected chi connectivity index (χ2v) is 5.95. The lowest BCUT2D eigenvalue weighted by Gasteiger charge is -2.08. The van der Waals surface area contributed by atoms with Gasteiger partial charge in [0.1, 0.15) is 5.76 Å². The fraction of sp³-hybridized carbons (Fsp3) is 0.357. The van der Waals surface area contributed by atoms with Crippen LogP contribution in [0, 0.1) is 6.92 Å². The molecule has 0 saturated carbocycles. The van der Waals surface area contributed by atoms with E-state index in [0.29, 0.717) is 5.25 Å². The molecular weight excluding hydrogens is 244 g/mol. The predicted octanol–water partition coefficient (Wildman–Crippen LogP) is 2.79. The molecule has 1 aromatic heterocycles. The monoisotopic (exact) mass is 260 g/mol. The number of hydrogen-bond donors (Lipinski definition) is 1. The van der Waals surface area contributed by atoms with Gasteiger partial charge in [0, 0.05) is 29.3 Å². The summed E-state index contributed by atoms with van der Waals surface area (Å²) in [5.41, 5.74) is 2.46. The van der Waals surface area contributed by atoms with E-state index in [9.17, 15) is 0 Å². The first-order valence-corrected chi connectivity index (χ1v) is 7.07. The smallest absolute Gasteiger partial charge is 0.133 e. The third kappa shape index (κ3) is 2.60. The Labute approximate surface area is 111 Å². The Balaban J connectivity index is 1.48. The van der Waals surface area contributed by atoms with Gasteiger partial charge in [-0.15, -0.1) is 11.8 Å². The maximum absolute atomic E-state index is 5.04. The molecular formula is C14H16N2OS. The Kier molecular flexibility index (Phi) is 3.39. The Morgan fingerprint density at radius 1 is 1.44 bits per heavy atom. The highest BCUT2D eigenvalue weighted by Crippen LogP contribution is 2.36. The molecule has 1 aliphatic heterocycles. The number of benzene rings is 1. The maximum Gasteiger partial charge on any atom is 0.133 e. The molecule has 0 spiro atoms. The van der Waals surface area contributed by atoms with E-state index in [-0.39, 0.29) is 0 Å². The van der Waals surface area contributed by atoms with Crippen LogP contribution in [0.2, 0.25) is 0 Å². The second kappa shape index (κ2) is 5.16. The lowest BCUT2D eigenvalue weighted by atomic mass is 10.1. The van der Waals surface area contributed by atoms with Crippen LogP contribution in [0.1, 0.15) is 17.0 Å². The van der Waals surface area contributed by atoms with Gasteiger partial charge in [-0.3, -0.25) is 0 Å². The zero-order valence-electron chi connectivity index (χ0n) is 10.3. The Bertz CT molecular complexity index is 513. The molecule has 2 heterocycles. The maximum atomic E-state index is 5.04. The normalized spacial score (nSPS) is 17.9. The van der Waals surface area contributed by atoms with Crippen LogP contribution in [0.3, 0.4) is 0 Å². The van der Waals surface area contributed by atoms with Gasteiger partial charge < -0.3 is 9.84 Å². The van der Waals surface area contributed by atoms with Crippen LogP contribution in [0.25, 0.3) is 0 Å². The van der Waals surface area contributed by atoms with Crippen molar-refractivity contribution >= 4 is 11.8 Å². The summed E-state index contributed by atoms with van der Waals surface area (Å²) in [5, 5.41) is 8.06. The molecule has 4 heteroatoms. The summed E-state index contributed by atoms with van der Waals surface area (Å²) in [4.78, 5) is 1.43. The van der Waals surface area contributed by atoms with Gasteiger partial charge >= 0.3 is 0 Å². The zero-order valence-corrected chi connectivity index (χ0v) is 11.2. The molecule has 0 aliphatic carbocycles. The van der Waals surface area contributed by atoms with Crippen molar-refractivity contribution in [1.82, 2.24) is 10.5 Å². The van der Waals surface area contributed by atoms with Crippen LogP contribution in [-0.2, 0) is 13.0 Å². The number of nitrogens with zero attached hydrogens (tertiary/aromatic N) is 1. The Morgan fingerprint density at radius 2 is 2.33 bits per heavy atom. The Hall–Kier alpha value is -1.26. The average molecular weight is 260 g/mol. The minimum atomic E-state index is 0.635. The molecule has 1 N–H and O–H groups in total. The van der Waals surface area contributed by atoms with Crippen LogP contribution in [0.15, 0.2) is 39.8 Å². The molecule has 94 valence electrons. The lowest BCUT2D eigenvalue weighted by Crippen LogP contribution is -2.24. The van der Waals surface area contributed by atoms with Crippen molar-refractivity contribution in [3.05, 3.63) is 47.3 Å². The van der Waals surface area contributed by atoms with Gasteiger partial charge in [-0.1, -0.05) is 23.4 Å². The number of nitrogens with one attached hydrogen (secondary N) is 1. The van der Waals surface area contributed by atoms with Gasteiger partial charge in [0.15, 0.2) is 0 Å². The first-order chi connectivity index (χ1) is 8.81. The summed E-state index contributed by atoms with van der Waals surface area (Å²) in [5.74, 6) is 0.870. The number of thioether (sulfide) groups is 1. The van der Waals surface area contributed by atoms with Gasteiger partial charge in [-0.25, -0.2) is 0 Å². The van der Waals surface area contributed by atoms with Crippen molar-refractivity contribution < 1.29 is 4.52 Å². The van der Waals surface area contributed by atoms with Crippen molar-refractivity contribution in [3.8, 4) is 0 Å². The van der Waals surface area contributed by atoms with Crippen LogP contribution in [-0.4, -0.2) is 17.0 Å². The van der Waals surface area contributed by atoms with Gasteiger partial charge in [0.25, 0.3) is 0 Å². The molecule has 1 unspecified atom stereocenters. The Morgan fingerprint density at radius 3 is 3.11 bits per heavy atom. The molecule has 1 aliphatic rings. The lowest BCUT2D eigenvalue weighted by molar-refractivity contribution is 0.388. The third-order valence-corrected chi connectivity index (χ3v) is 4.39. The average Bonchev–Trinajstić information content (AvgIpc) is 2.95. The second-order valence-electron chi connectivity index (χ2n) is 4.61. The first kappa shape index (κ1) is 11.8. The van der Waals surface area contributed by atoms with Gasteiger partial charge in [-0.05, 0) is 25.0 Å². The highest BCUT2D eigenvalue weighted by Gasteiger charge is 2.21. The minimum Gasteiger partial charge on any atom is -0.361 e. The summed E-state index contributed by atoms with van der Waals surface area (Å²) in [6.45, 7) is 3.70. The van der Waals surface area contributed by atoms with Crippen molar-refractivity contribution in [2.75, 3.05) is 6.54 Å². The number of hydrogen-bond acceptors (Lipinski definition) is 4. The molecule has 0 fully saturated rings. The van der Waals surface area contributed by atoms with E-state index in [4.69, 9.17) is 4.52 Å². The van der Waals surface area contributed by atoms with Crippen molar-refractivity contribution in [3.63, 3.8) is 0 Å². The fourth-order valence-electron chi connectivity index (χ4n) is 2.23. The van der Waals surface area contributed by atoms with Gasteiger partial charge in [0.05, 0.1) is 5.69 Å². The molecule has 0 bridgehead atoms. The summed E-state index contributed by atoms with van der Waals surface area (Å²) in [6, 6.07) is 10.6. The van der Waals surface area contributed by atoms with Crippen molar-refractivity contribution in [2.45, 2.75) is 30.0 Å². The molecule has 3 nitrogen and oxygen atoms in total. The summed E-state index contributed by atoms with van der Waals surface area (Å²) in [7, 11) is 0. The molecule has 0 radical (unpaired) electrons. The topological polar surface area (TPSA) is 38.1 Å². The highest BCUT2D eigenvalue weighted by atomic mass is 32.2. The molecule has 18 heavy (non-hydrogen) atoms. The summed E-state index contributed by atoms with van der Waals surface area (Å²) >= 11 is 1.97. The summed E-state index contributed by atoms with van der Waals surface area (Å²) < 4.78 is 5.04. The highest BCUT2D eigenvalue weighted by molar-refractivity contribution is 8.00. The van der Waals surface area contributed by atoms with E-state index in [1.807, 2.05) is 24.8 Å². The van der Waals surface area contributed by atoms with Gasteiger partial charge in [0.2, 0.25) is 0 Å². The van der Waals surface area contributed by atoms with E-state index >= 15 is 0 Å². The minimum absolute atomic E-state index is 0.635. The van der Waals surface area contributed by atoms with Crippen LogP contribution < -0.4 is 5.32 Å². The molecule has 0 saturated heterocycles. The van der Waals surface area contributed by atoms with Gasteiger partial charge in [-0.2, -0.15) is 0 Å². The third-order valence-electron chi connectivity index (χ3n) is 3.07. The molecule has 1 aromatic carbocycles.